The molecule has 2 aromatic rings. The Morgan fingerprint density at radius 2 is 2.05 bits per heavy atom. The fourth-order valence-corrected chi connectivity index (χ4v) is 2.93. The standard InChI is InChI=1S/C17H22N4O/c1-12-5-7-14(8-6-12)21-16(18)10-15(19-21)17(22)20-9-3-4-13(2)11-20/h5-8,10,13H,3-4,9,11,18H2,1-2H3. The maximum absolute atomic E-state index is 12.6. The molecule has 5 nitrogen and oxygen atoms in total. The molecule has 1 saturated heterocycles. The summed E-state index contributed by atoms with van der Waals surface area (Å²) in [5.41, 5.74) is 8.50. The van der Waals surface area contributed by atoms with E-state index in [1.54, 1.807) is 10.7 Å². The molecule has 1 amide bonds. The van der Waals surface area contributed by atoms with Gasteiger partial charge in [-0.3, -0.25) is 4.79 Å². The van der Waals surface area contributed by atoms with Gasteiger partial charge in [-0.15, -0.1) is 0 Å². The van der Waals surface area contributed by atoms with E-state index in [1.165, 1.54) is 12.0 Å². The van der Waals surface area contributed by atoms with Crippen LogP contribution in [0.3, 0.4) is 0 Å². The van der Waals surface area contributed by atoms with Crippen LogP contribution in [-0.4, -0.2) is 33.7 Å². The molecular weight excluding hydrogens is 276 g/mol. The third-order valence-corrected chi connectivity index (χ3v) is 4.18. The van der Waals surface area contributed by atoms with Crippen molar-refractivity contribution in [2.45, 2.75) is 26.7 Å². The Morgan fingerprint density at radius 1 is 1.32 bits per heavy atom. The van der Waals surface area contributed by atoms with Crippen LogP contribution in [0, 0.1) is 12.8 Å². The van der Waals surface area contributed by atoms with Crippen LogP contribution in [0.15, 0.2) is 30.3 Å². The summed E-state index contributed by atoms with van der Waals surface area (Å²) >= 11 is 0. The van der Waals surface area contributed by atoms with Crippen LogP contribution in [0.5, 0.6) is 0 Å². The van der Waals surface area contributed by atoms with Crippen molar-refractivity contribution in [3.8, 4) is 5.69 Å². The summed E-state index contributed by atoms with van der Waals surface area (Å²) in [6, 6.07) is 9.59. The van der Waals surface area contributed by atoms with Crippen LogP contribution < -0.4 is 5.73 Å². The molecule has 0 saturated carbocycles. The average Bonchev–Trinajstić information content (AvgIpc) is 2.89. The average molecular weight is 298 g/mol. The predicted octanol–water partition coefficient (Wildman–Crippen LogP) is 2.64. The highest BCUT2D eigenvalue weighted by Crippen LogP contribution is 2.20. The molecule has 5 heteroatoms. The van der Waals surface area contributed by atoms with E-state index in [1.807, 2.05) is 36.1 Å². The van der Waals surface area contributed by atoms with Gasteiger partial charge in [0.2, 0.25) is 0 Å². The van der Waals surface area contributed by atoms with E-state index in [-0.39, 0.29) is 5.91 Å². The molecule has 3 rings (SSSR count). The SMILES string of the molecule is Cc1ccc(-n2nc(C(=O)N3CCCC(C)C3)cc2N)cc1. The van der Waals surface area contributed by atoms with Crippen molar-refractivity contribution in [3.63, 3.8) is 0 Å². The summed E-state index contributed by atoms with van der Waals surface area (Å²) in [5.74, 6) is 1.01. The van der Waals surface area contributed by atoms with Gasteiger partial charge in [0, 0.05) is 19.2 Å². The number of aromatic nitrogens is 2. The van der Waals surface area contributed by atoms with Gasteiger partial charge in [0.25, 0.3) is 5.91 Å². The van der Waals surface area contributed by atoms with Gasteiger partial charge in [0.1, 0.15) is 5.82 Å². The summed E-state index contributed by atoms with van der Waals surface area (Å²) in [6.07, 6.45) is 2.24. The number of benzene rings is 1. The van der Waals surface area contributed by atoms with Gasteiger partial charge >= 0.3 is 0 Å². The van der Waals surface area contributed by atoms with Gasteiger partial charge < -0.3 is 10.6 Å². The molecule has 1 unspecified atom stereocenters. The number of carbonyl (C=O) groups excluding carboxylic acids is 1. The molecule has 2 heterocycles. The molecule has 1 atom stereocenters. The zero-order chi connectivity index (χ0) is 15.7. The molecule has 0 radical (unpaired) electrons. The molecule has 22 heavy (non-hydrogen) atoms. The van der Waals surface area contributed by atoms with E-state index in [2.05, 4.69) is 12.0 Å². The fraction of sp³-hybridized carbons (Fsp3) is 0.412. The molecule has 0 bridgehead atoms. The van der Waals surface area contributed by atoms with Crippen molar-refractivity contribution in [1.82, 2.24) is 14.7 Å². The maximum Gasteiger partial charge on any atom is 0.274 e. The summed E-state index contributed by atoms with van der Waals surface area (Å²) < 4.78 is 1.63. The molecule has 2 N–H and O–H groups in total. The van der Waals surface area contributed by atoms with Crippen molar-refractivity contribution in [2.24, 2.45) is 5.92 Å². The van der Waals surface area contributed by atoms with Gasteiger partial charge in [-0.25, -0.2) is 4.68 Å². The Labute approximate surface area is 130 Å². The lowest BCUT2D eigenvalue weighted by Crippen LogP contribution is -2.39. The number of rotatable bonds is 2. The minimum Gasteiger partial charge on any atom is -0.384 e. The molecule has 1 aromatic carbocycles. The Bertz CT molecular complexity index is 674. The molecule has 1 aliphatic heterocycles. The topological polar surface area (TPSA) is 64.2 Å². The van der Waals surface area contributed by atoms with Gasteiger partial charge in [0.05, 0.1) is 5.69 Å². The fourth-order valence-electron chi connectivity index (χ4n) is 2.93. The molecular formula is C17H22N4O. The number of aryl methyl sites for hydroxylation is 1. The highest BCUT2D eigenvalue weighted by atomic mass is 16.2. The number of anilines is 1. The lowest BCUT2D eigenvalue weighted by Gasteiger charge is -2.30. The van der Waals surface area contributed by atoms with Gasteiger partial charge in [-0.05, 0) is 37.8 Å². The summed E-state index contributed by atoms with van der Waals surface area (Å²) in [6.45, 7) is 5.82. The number of nitrogen functional groups attached to an aromatic ring is 1. The minimum atomic E-state index is -0.0240. The third kappa shape index (κ3) is 2.84. The lowest BCUT2D eigenvalue weighted by atomic mass is 10.00. The first-order valence-electron chi connectivity index (χ1n) is 7.76. The van der Waals surface area contributed by atoms with E-state index in [4.69, 9.17) is 5.73 Å². The largest absolute Gasteiger partial charge is 0.384 e. The number of hydrogen-bond acceptors (Lipinski definition) is 3. The Morgan fingerprint density at radius 3 is 2.73 bits per heavy atom. The van der Waals surface area contributed by atoms with Crippen molar-refractivity contribution in [1.29, 1.82) is 0 Å². The summed E-state index contributed by atoms with van der Waals surface area (Å²) in [4.78, 5) is 14.5. The summed E-state index contributed by atoms with van der Waals surface area (Å²) in [7, 11) is 0. The van der Waals surface area contributed by atoms with E-state index < -0.39 is 0 Å². The number of amides is 1. The van der Waals surface area contributed by atoms with Crippen LogP contribution in [0.25, 0.3) is 5.69 Å². The molecule has 1 aromatic heterocycles. The van der Waals surface area contributed by atoms with Crippen molar-refractivity contribution in [2.75, 3.05) is 18.8 Å². The second-order valence-electron chi connectivity index (χ2n) is 6.20. The van der Waals surface area contributed by atoms with Crippen LogP contribution in [0.1, 0.15) is 35.8 Å². The Hall–Kier alpha value is -2.30. The van der Waals surface area contributed by atoms with Crippen LogP contribution in [0.4, 0.5) is 5.82 Å². The molecule has 0 spiro atoms. The van der Waals surface area contributed by atoms with Crippen LogP contribution in [0.2, 0.25) is 0 Å². The van der Waals surface area contributed by atoms with Gasteiger partial charge in [-0.1, -0.05) is 24.6 Å². The van der Waals surface area contributed by atoms with Crippen molar-refractivity contribution in [3.05, 3.63) is 41.6 Å². The first-order valence-corrected chi connectivity index (χ1v) is 7.76. The lowest BCUT2D eigenvalue weighted by molar-refractivity contribution is 0.0676. The molecule has 116 valence electrons. The van der Waals surface area contributed by atoms with E-state index in [0.717, 1.165) is 25.2 Å². The Balaban J connectivity index is 1.85. The number of piperidine rings is 1. The van der Waals surface area contributed by atoms with Gasteiger partial charge in [0.15, 0.2) is 5.69 Å². The predicted molar refractivity (Wildman–Crippen MR) is 87.0 cm³/mol. The monoisotopic (exact) mass is 298 g/mol. The maximum atomic E-state index is 12.6. The van der Waals surface area contributed by atoms with E-state index >= 15 is 0 Å². The molecule has 1 aliphatic rings. The van der Waals surface area contributed by atoms with Crippen molar-refractivity contribution >= 4 is 11.7 Å². The van der Waals surface area contributed by atoms with E-state index in [0.29, 0.717) is 17.4 Å². The first-order chi connectivity index (χ1) is 10.5. The van der Waals surface area contributed by atoms with Gasteiger partial charge in [-0.2, -0.15) is 5.10 Å². The third-order valence-electron chi connectivity index (χ3n) is 4.18. The second-order valence-corrected chi connectivity index (χ2v) is 6.20. The first kappa shape index (κ1) is 14.6. The number of hydrogen-bond donors (Lipinski definition) is 1. The minimum absolute atomic E-state index is 0.0240. The molecule has 0 aliphatic carbocycles. The zero-order valence-electron chi connectivity index (χ0n) is 13.1. The highest BCUT2D eigenvalue weighted by Gasteiger charge is 2.24. The highest BCUT2D eigenvalue weighted by molar-refractivity contribution is 5.93. The van der Waals surface area contributed by atoms with E-state index in [9.17, 15) is 4.79 Å². The quantitative estimate of drug-likeness (QED) is 0.927. The second kappa shape index (κ2) is 5.83. The van der Waals surface area contributed by atoms with Crippen LogP contribution in [-0.2, 0) is 0 Å². The normalized spacial score (nSPS) is 18.5. The molecule has 1 fully saturated rings. The number of likely N-dealkylation sites (tertiary alicyclic amines) is 1. The number of nitrogens with zero attached hydrogens (tertiary/aromatic N) is 3. The smallest absolute Gasteiger partial charge is 0.274 e. The number of carbonyl (C=O) groups is 1. The Kier molecular flexibility index (Phi) is 3.88. The van der Waals surface area contributed by atoms with Crippen LogP contribution >= 0.6 is 0 Å². The van der Waals surface area contributed by atoms with Crippen molar-refractivity contribution < 1.29 is 4.79 Å². The number of nitrogens with two attached hydrogens (primary N) is 1. The zero-order valence-corrected chi connectivity index (χ0v) is 13.1. The summed E-state index contributed by atoms with van der Waals surface area (Å²) in [5, 5.41) is 4.41.